The number of thiol groups is 1. The Balaban J connectivity index is 2.72. The predicted octanol–water partition coefficient (Wildman–Crippen LogP) is 3.45. The molecule has 3 heteroatoms. The van der Waals surface area contributed by atoms with Gasteiger partial charge in [0.1, 0.15) is 5.82 Å². The van der Waals surface area contributed by atoms with Gasteiger partial charge in [0.05, 0.1) is 0 Å². The quantitative estimate of drug-likeness (QED) is 0.779. The molecular weight excluding hydrogens is 239 g/mol. The maximum absolute atomic E-state index is 12.8. The maximum atomic E-state index is 12.8. The van der Waals surface area contributed by atoms with Crippen LogP contribution in [0.5, 0.6) is 0 Å². The summed E-state index contributed by atoms with van der Waals surface area (Å²) in [6.45, 7) is 0. The van der Waals surface area contributed by atoms with E-state index in [1.807, 2.05) is 6.07 Å². The molecule has 0 nitrogen and oxygen atoms in total. The predicted molar refractivity (Wildman–Crippen MR) is 56.3 cm³/mol. The maximum Gasteiger partial charge on any atom is 0.124 e. The minimum Gasteiger partial charge on any atom is -0.207 e. The first-order chi connectivity index (χ1) is 5.72. The van der Waals surface area contributed by atoms with Gasteiger partial charge >= 0.3 is 0 Å². The fourth-order valence-corrected chi connectivity index (χ4v) is 1.71. The van der Waals surface area contributed by atoms with Gasteiger partial charge in [-0.25, -0.2) is 4.39 Å². The van der Waals surface area contributed by atoms with Crippen LogP contribution in [0.25, 0.3) is 0 Å². The van der Waals surface area contributed by atoms with Crippen LogP contribution in [0.15, 0.2) is 22.7 Å². The van der Waals surface area contributed by atoms with Gasteiger partial charge in [0, 0.05) is 4.47 Å². The normalized spacial score (nSPS) is 10.2. The zero-order valence-electron chi connectivity index (χ0n) is 6.56. The van der Waals surface area contributed by atoms with Crippen LogP contribution in [0.2, 0.25) is 0 Å². The Morgan fingerprint density at radius 3 is 2.67 bits per heavy atom. The van der Waals surface area contributed by atoms with E-state index in [1.165, 1.54) is 6.07 Å². The van der Waals surface area contributed by atoms with Gasteiger partial charge in [0.2, 0.25) is 0 Å². The second kappa shape index (κ2) is 4.87. The van der Waals surface area contributed by atoms with Crippen molar-refractivity contribution in [3.8, 4) is 0 Å². The van der Waals surface area contributed by atoms with Gasteiger partial charge < -0.3 is 0 Å². The van der Waals surface area contributed by atoms with Gasteiger partial charge in [-0.05, 0) is 42.4 Å². The van der Waals surface area contributed by atoms with Crippen LogP contribution in [0.4, 0.5) is 4.39 Å². The summed E-state index contributed by atoms with van der Waals surface area (Å²) in [5, 5.41) is 0. The summed E-state index contributed by atoms with van der Waals surface area (Å²) in [4.78, 5) is 0. The first-order valence-corrected chi connectivity index (χ1v) is 5.21. The highest BCUT2D eigenvalue weighted by Gasteiger charge is 1.97. The van der Waals surface area contributed by atoms with Crippen molar-refractivity contribution in [3.63, 3.8) is 0 Å². The second-order valence-corrected chi connectivity index (χ2v) is 3.97. The molecule has 0 atom stereocenters. The lowest BCUT2D eigenvalue weighted by Gasteiger charge is -2.00. The van der Waals surface area contributed by atoms with Crippen molar-refractivity contribution in [1.29, 1.82) is 0 Å². The molecule has 0 saturated carbocycles. The van der Waals surface area contributed by atoms with Crippen LogP contribution < -0.4 is 0 Å². The summed E-state index contributed by atoms with van der Waals surface area (Å²) in [5.74, 6) is 0.659. The number of benzene rings is 1. The number of aryl methyl sites for hydroxylation is 1. The van der Waals surface area contributed by atoms with Crippen molar-refractivity contribution in [2.75, 3.05) is 5.75 Å². The molecule has 1 aromatic rings. The SMILES string of the molecule is Fc1cc(Br)cc(CCCS)c1. The lowest BCUT2D eigenvalue weighted by atomic mass is 10.1. The average Bonchev–Trinajstić information content (AvgIpc) is 1.99. The van der Waals surface area contributed by atoms with Crippen molar-refractivity contribution < 1.29 is 4.39 Å². The molecule has 66 valence electrons. The Labute approximate surface area is 85.7 Å². The molecule has 1 rings (SSSR count). The van der Waals surface area contributed by atoms with E-state index < -0.39 is 0 Å². The molecule has 0 fully saturated rings. The van der Waals surface area contributed by atoms with Gasteiger partial charge in [0.25, 0.3) is 0 Å². The van der Waals surface area contributed by atoms with E-state index in [0.29, 0.717) is 0 Å². The highest BCUT2D eigenvalue weighted by molar-refractivity contribution is 9.10. The third-order valence-corrected chi connectivity index (χ3v) is 2.32. The Morgan fingerprint density at radius 1 is 1.33 bits per heavy atom. The van der Waals surface area contributed by atoms with E-state index in [4.69, 9.17) is 0 Å². The van der Waals surface area contributed by atoms with Gasteiger partial charge in [0.15, 0.2) is 0 Å². The third-order valence-electron chi connectivity index (χ3n) is 1.55. The molecular formula is C9H10BrFS. The third kappa shape index (κ3) is 3.15. The number of halogens is 2. The average molecular weight is 249 g/mol. The zero-order chi connectivity index (χ0) is 8.97. The fraction of sp³-hybridized carbons (Fsp3) is 0.333. The number of hydrogen-bond acceptors (Lipinski definition) is 1. The van der Waals surface area contributed by atoms with Gasteiger partial charge in [-0.1, -0.05) is 15.9 Å². The smallest absolute Gasteiger partial charge is 0.124 e. The summed E-state index contributed by atoms with van der Waals surface area (Å²) in [5.41, 5.74) is 1.02. The van der Waals surface area contributed by atoms with Crippen molar-refractivity contribution in [2.24, 2.45) is 0 Å². The van der Waals surface area contributed by atoms with E-state index >= 15 is 0 Å². The van der Waals surface area contributed by atoms with Crippen molar-refractivity contribution in [1.82, 2.24) is 0 Å². The number of hydrogen-bond donors (Lipinski definition) is 1. The lowest BCUT2D eigenvalue weighted by molar-refractivity contribution is 0.624. The molecule has 0 amide bonds. The number of rotatable bonds is 3. The molecule has 0 heterocycles. The highest BCUT2D eigenvalue weighted by Crippen LogP contribution is 2.16. The van der Waals surface area contributed by atoms with Crippen LogP contribution in [0, 0.1) is 5.82 Å². The first kappa shape index (κ1) is 10.1. The summed E-state index contributed by atoms with van der Waals surface area (Å²) in [6.07, 6.45) is 1.87. The molecule has 0 spiro atoms. The van der Waals surface area contributed by atoms with E-state index in [-0.39, 0.29) is 5.82 Å². The first-order valence-electron chi connectivity index (χ1n) is 3.78. The van der Waals surface area contributed by atoms with E-state index in [2.05, 4.69) is 28.6 Å². The molecule has 0 aliphatic carbocycles. The molecule has 0 aromatic heterocycles. The van der Waals surface area contributed by atoms with E-state index in [0.717, 1.165) is 28.6 Å². The molecule has 1 aromatic carbocycles. The van der Waals surface area contributed by atoms with Gasteiger partial charge in [-0.15, -0.1) is 0 Å². The summed E-state index contributed by atoms with van der Waals surface area (Å²) >= 11 is 7.34. The van der Waals surface area contributed by atoms with Crippen LogP contribution in [0.3, 0.4) is 0 Å². The molecule has 0 aliphatic rings. The Morgan fingerprint density at radius 2 is 2.08 bits per heavy atom. The van der Waals surface area contributed by atoms with Crippen LogP contribution in [0.1, 0.15) is 12.0 Å². The van der Waals surface area contributed by atoms with E-state index in [1.54, 1.807) is 6.07 Å². The molecule has 0 unspecified atom stereocenters. The van der Waals surface area contributed by atoms with Gasteiger partial charge in [-0.3, -0.25) is 0 Å². The molecule has 0 bridgehead atoms. The molecule has 0 aliphatic heterocycles. The van der Waals surface area contributed by atoms with Crippen LogP contribution >= 0.6 is 28.6 Å². The largest absolute Gasteiger partial charge is 0.207 e. The Kier molecular flexibility index (Phi) is 4.09. The summed E-state index contributed by atoms with van der Waals surface area (Å²) < 4.78 is 13.6. The van der Waals surface area contributed by atoms with E-state index in [9.17, 15) is 4.39 Å². The fourth-order valence-electron chi connectivity index (χ4n) is 1.04. The minimum atomic E-state index is -0.182. The zero-order valence-corrected chi connectivity index (χ0v) is 9.04. The van der Waals surface area contributed by atoms with Crippen molar-refractivity contribution >= 4 is 28.6 Å². The standard InChI is InChI=1S/C9H10BrFS/c10-8-4-7(2-1-3-12)5-9(11)6-8/h4-6,12H,1-3H2. The van der Waals surface area contributed by atoms with Crippen LogP contribution in [-0.4, -0.2) is 5.75 Å². The molecule has 0 radical (unpaired) electrons. The topological polar surface area (TPSA) is 0 Å². The molecule has 0 saturated heterocycles. The minimum absolute atomic E-state index is 0.182. The monoisotopic (exact) mass is 248 g/mol. The highest BCUT2D eigenvalue weighted by atomic mass is 79.9. The summed E-state index contributed by atoms with van der Waals surface area (Å²) in [7, 11) is 0. The van der Waals surface area contributed by atoms with Crippen molar-refractivity contribution in [2.45, 2.75) is 12.8 Å². The molecule has 12 heavy (non-hydrogen) atoms. The van der Waals surface area contributed by atoms with Crippen LogP contribution in [-0.2, 0) is 6.42 Å². The second-order valence-electron chi connectivity index (χ2n) is 2.60. The van der Waals surface area contributed by atoms with Gasteiger partial charge in [-0.2, -0.15) is 12.6 Å². The molecule has 0 N–H and O–H groups in total. The summed E-state index contributed by atoms with van der Waals surface area (Å²) in [6, 6.07) is 4.96. The Hall–Kier alpha value is -0.0200. The van der Waals surface area contributed by atoms with Crippen molar-refractivity contribution in [3.05, 3.63) is 34.1 Å². The Bertz CT molecular complexity index is 242. The lowest BCUT2D eigenvalue weighted by Crippen LogP contribution is -1.87.